The molecule has 1 aromatic rings. The first-order valence-electron chi connectivity index (χ1n) is 7.45. The topological polar surface area (TPSA) is 52.6 Å². The lowest BCUT2D eigenvalue weighted by Gasteiger charge is -2.38. The Morgan fingerprint density at radius 3 is 2.45 bits per heavy atom. The molecular formula is C16H22N2O2. The van der Waals surface area contributed by atoms with Crippen molar-refractivity contribution in [3.63, 3.8) is 0 Å². The molecule has 0 aromatic heterocycles. The van der Waals surface area contributed by atoms with Crippen LogP contribution in [0, 0.1) is 17.8 Å². The quantitative estimate of drug-likeness (QED) is 0.886. The average molecular weight is 274 g/mol. The molecule has 1 amide bonds. The summed E-state index contributed by atoms with van der Waals surface area (Å²) < 4.78 is 0. The molecule has 2 bridgehead atoms. The maximum atomic E-state index is 10.7. The fourth-order valence-corrected chi connectivity index (χ4v) is 3.94. The number of hydrogen-bond donors (Lipinski definition) is 2. The number of rotatable bonds is 4. The summed E-state index contributed by atoms with van der Waals surface area (Å²) in [5, 5.41) is 11.3. The first-order chi connectivity index (χ1) is 9.72. The maximum absolute atomic E-state index is 10.7. The Kier molecular flexibility index (Phi) is 3.92. The molecule has 2 atom stereocenters. The predicted molar refractivity (Wildman–Crippen MR) is 77.5 cm³/mol. The second-order valence-corrected chi connectivity index (χ2v) is 6.13. The Labute approximate surface area is 119 Å². The summed E-state index contributed by atoms with van der Waals surface area (Å²) in [4.78, 5) is 13.2. The van der Waals surface area contributed by atoms with Gasteiger partial charge in [0.2, 0.25) is 0 Å². The molecule has 2 unspecified atom stereocenters. The van der Waals surface area contributed by atoms with Crippen LogP contribution in [-0.4, -0.2) is 35.7 Å². The van der Waals surface area contributed by atoms with Gasteiger partial charge < -0.3 is 10.4 Å². The molecule has 3 rings (SSSR count). The van der Waals surface area contributed by atoms with Crippen molar-refractivity contribution in [2.75, 3.05) is 19.6 Å². The molecule has 1 saturated carbocycles. The monoisotopic (exact) mass is 274 g/mol. The van der Waals surface area contributed by atoms with E-state index < -0.39 is 6.09 Å². The standard InChI is InChI=1S/C16H22N2O2/c19-16(20)17-8-15-13-6-7-14(15)11-18(10-13)9-12-4-2-1-3-5-12/h1-5,13-15,17H,6-11H2,(H,19,20). The average Bonchev–Trinajstić information content (AvgIpc) is 2.67. The summed E-state index contributed by atoms with van der Waals surface area (Å²) in [7, 11) is 0. The highest BCUT2D eigenvalue weighted by Crippen LogP contribution is 2.41. The van der Waals surface area contributed by atoms with E-state index >= 15 is 0 Å². The summed E-state index contributed by atoms with van der Waals surface area (Å²) >= 11 is 0. The Morgan fingerprint density at radius 2 is 1.85 bits per heavy atom. The van der Waals surface area contributed by atoms with E-state index in [0.29, 0.717) is 24.3 Å². The van der Waals surface area contributed by atoms with Gasteiger partial charge in [0.25, 0.3) is 0 Å². The van der Waals surface area contributed by atoms with E-state index in [4.69, 9.17) is 5.11 Å². The van der Waals surface area contributed by atoms with Gasteiger partial charge in [-0.15, -0.1) is 0 Å². The molecule has 4 heteroatoms. The van der Waals surface area contributed by atoms with Crippen LogP contribution < -0.4 is 5.32 Å². The number of fused-ring (bicyclic) bond motifs is 2. The van der Waals surface area contributed by atoms with E-state index in [1.54, 1.807) is 0 Å². The van der Waals surface area contributed by atoms with E-state index in [-0.39, 0.29) is 0 Å². The Bertz CT molecular complexity index is 449. The molecular weight excluding hydrogens is 252 g/mol. The largest absolute Gasteiger partial charge is 0.465 e. The molecule has 2 fully saturated rings. The summed E-state index contributed by atoms with van der Waals surface area (Å²) in [5.74, 6) is 1.85. The van der Waals surface area contributed by atoms with Crippen LogP contribution in [-0.2, 0) is 6.54 Å². The van der Waals surface area contributed by atoms with Gasteiger partial charge in [-0.05, 0) is 36.2 Å². The number of amides is 1. The molecule has 1 heterocycles. The third kappa shape index (κ3) is 2.96. The molecule has 108 valence electrons. The molecule has 1 aromatic carbocycles. The van der Waals surface area contributed by atoms with Crippen molar-refractivity contribution < 1.29 is 9.90 Å². The fourth-order valence-electron chi connectivity index (χ4n) is 3.94. The van der Waals surface area contributed by atoms with E-state index in [9.17, 15) is 4.79 Å². The highest BCUT2D eigenvalue weighted by Gasteiger charge is 2.41. The molecule has 2 aliphatic rings. The lowest BCUT2D eigenvalue weighted by molar-refractivity contribution is 0.101. The lowest BCUT2D eigenvalue weighted by atomic mass is 9.85. The van der Waals surface area contributed by atoms with Gasteiger partial charge in [-0.3, -0.25) is 4.90 Å². The van der Waals surface area contributed by atoms with E-state index in [1.165, 1.54) is 18.4 Å². The summed E-state index contributed by atoms with van der Waals surface area (Å²) in [6.07, 6.45) is 1.61. The van der Waals surface area contributed by atoms with Crippen LogP contribution in [0.1, 0.15) is 18.4 Å². The smallest absolute Gasteiger partial charge is 0.404 e. The predicted octanol–water partition coefficient (Wildman–Crippen LogP) is 2.41. The highest BCUT2D eigenvalue weighted by atomic mass is 16.4. The van der Waals surface area contributed by atoms with Crippen molar-refractivity contribution in [3.8, 4) is 0 Å². The number of likely N-dealkylation sites (tertiary alicyclic amines) is 1. The van der Waals surface area contributed by atoms with Crippen LogP contribution in [0.5, 0.6) is 0 Å². The number of carboxylic acid groups (broad SMARTS) is 1. The minimum atomic E-state index is -0.892. The highest BCUT2D eigenvalue weighted by molar-refractivity contribution is 5.64. The van der Waals surface area contributed by atoms with Crippen molar-refractivity contribution in [3.05, 3.63) is 35.9 Å². The first kappa shape index (κ1) is 13.4. The summed E-state index contributed by atoms with van der Waals surface area (Å²) in [6, 6.07) is 10.6. The first-order valence-corrected chi connectivity index (χ1v) is 7.45. The minimum Gasteiger partial charge on any atom is -0.465 e. The molecule has 1 aliphatic heterocycles. The van der Waals surface area contributed by atoms with Crippen molar-refractivity contribution >= 4 is 6.09 Å². The van der Waals surface area contributed by atoms with Crippen LogP contribution in [0.2, 0.25) is 0 Å². The van der Waals surface area contributed by atoms with Gasteiger partial charge >= 0.3 is 6.09 Å². The van der Waals surface area contributed by atoms with Crippen LogP contribution in [0.4, 0.5) is 4.79 Å². The number of nitrogens with zero attached hydrogens (tertiary/aromatic N) is 1. The number of nitrogens with one attached hydrogen (secondary N) is 1. The molecule has 1 saturated heterocycles. The van der Waals surface area contributed by atoms with Gasteiger partial charge in [-0.1, -0.05) is 30.3 Å². The summed E-state index contributed by atoms with van der Waals surface area (Å²) in [5.41, 5.74) is 1.37. The van der Waals surface area contributed by atoms with Gasteiger partial charge in [0.05, 0.1) is 0 Å². The van der Waals surface area contributed by atoms with Crippen LogP contribution in [0.3, 0.4) is 0 Å². The number of benzene rings is 1. The Balaban J connectivity index is 1.58. The van der Waals surface area contributed by atoms with Crippen molar-refractivity contribution in [2.45, 2.75) is 19.4 Å². The zero-order chi connectivity index (χ0) is 13.9. The SMILES string of the molecule is O=C(O)NCC1C2CCC1CN(Cc1ccccc1)C2. The van der Waals surface area contributed by atoms with E-state index in [2.05, 4.69) is 40.5 Å². The second kappa shape index (κ2) is 5.83. The molecule has 0 spiro atoms. The van der Waals surface area contributed by atoms with Crippen LogP contribution >= 0.6 is 0 Å². The number of hydrogen-bond acceptors (Lipinski definition) is 2. The normalized spacial score (nSPS) is 29.3. The van der Waals surface area contributed by atoms with E-state index in [0.717, 1.165) is 19.6 Å². The molecule has 4 nitrogen and oxygen atoms in total. The van der Waals surface area contributed by atoms with E-state index in [1.807, 2.05) is 0 Å². The molecule has 1 aliphatic carbocycles. The fraction of sp³-hybridized carbons (Fsp3) is 0.562. The van der Waals surface area contributed by atoms with Crippen LogP contribution in [0.15, 0.2) is 30.3 Å². The zero-order valence-corrected chi connectivity index (χ0v) is 11.7. The molecule has 2 N–H and O–H groups in total. The van der Waals surface area contributed by atoms with Gasteiger partial charge in [-0.25, -0.2) is 4.79 Å². The van der Waals surface area contributed by atoms with Gasteiger partial charge in [0.15, 0.2) is 0 Å². The molecule has 0 radical (unpaired) electrons. The zero-order valence-electron chi connectivity index (χ0n) is 11.7. The number of carbonyl (C=O) groups is 1. The Hall–Kier alpha value is -1.55. The third-order valence-electron chi connectivity index (χ3n) is 4.84. The van der Waals surface area contributed by atoms with Crippen LogP contribution in [0.25, 0.3) is 0 Å². The van der Waals surface area contributed by atoms with Gasteiger partial charge in [-0.2, -0.15) is 0 Å². The summed E-state index contributed by atoms with van der Waals surface area (Å²) in [6.45, 7) is 3.87. The van der Waals surface area contributed by atoms with Gasteiger partial charge in [0.1, 0.15) is 0 Å². The maximum Gasteiger partial charge on any atom is 0.404 e. The Morgan fingerprint density at radius 1 is 1.20 bits per heavy atom. The molecule has 20 heavy (non-hydrogen) atoms. The van der Waals surface area contributed by atoms with Crippen molar-refractivity contribution in [1.29, 1.82) is 0 Å². The minimum absolute atomic E-state index is 0.540. The lowest BCUT2D eigenvalue weighted by Crippen LogP contribution is -2.45. The van der Waals surface area contributed by atoms with Crippen molar-refractivity contribution in [1.82, 2.24) is 10.2 Å². The second-order valence-electron chi connectivity index (χ2n) is 6.13. The van der Waals surface area contributed by atoms with Gasteiger partial charge in [0, 0.05) is 26.2 Å². The number of piperidine rings is 1. The van der Waals surface area contributed by atoms with Crippen molar-refractivity contribution in [2.24, 2.45) is 17.8 Å². The third-order valence-corrected chi connectivity index (χ3v) is 4.84.